The van der Waals surface area contributed by atoms with Crippen molar-refractivity contribution in [2.75, 3.05) is 7.11 Å². The fourth-order valence-electron chi connectivity index (χ4n) is 2.23. The summed E-state index contributed by atoms with van der Waals surface area (Å²) >= 11 is 0. The lowest BCUT2D eigenvalue weighted by atomic mass is 10.0. The number of rotatable bonds is 3. The van der Waals surface area contributed by atoms with Crippen molar-refractivity contribution in [2.45, 2.75) is 51.2 Å². The average molecular weight is 290 g/mol. The van der Waals surface area contributed by atoms with Crippen LogP contribution in [-0.2, 0) is 9.47 Å². The van der Waals surface area contributed by atoms with Gasteiger partial charge in [0, 0.05) is 18.7 Å². The standard InChI is InChI=1S/C17H26O2Si/c1-17(2,3)20(5,6)12-14-11-13-9-7-8-10-15(13)16(18-4)19-14/h7-11,16H,12H2,1-6H3. The number of fused-ring (bicyclic) bond motifs is 1. The number of allylic oxidation sites excluding steroid dienone is 1. The van der Waals surface area contributed by atoms with E-state index in [0.717, 1.165) is 17.4 Å². The summed E-state index contributed by atoms with van der Waals surface area (Å²) in [7, 11) is 0.300. The molecule has 0 saturated heterocycles. The van der Waals surface area contributed by atoms with E-state index in [9.17, 15) is 0 Å². The minimum absolute atomic E-state index is 0.268. The molecular formula is C17H26O2Si. The van der Waals surface area contributed by atoms with Crippen molar-refractivity contribution < 1.29 is 9.47 Å². The van der Waals surface area contributed by atoms with Crippen LogP contribution in [0, 0.1) is 0 Å². The average Bonchev–Trinajstić information content (AvgIpc) is 2.36. The second-order valence-corrected chi connectivity index (χ2v) is 12.9. The van der Waals surface area contributed by atoms with E-state index in [-0.39, 0.29) is 6.29 Å². The molecule has 1 unspecified atom stereocenters. The highest BCUT2D eigenvalue weighted by molar-refractivity contribution is 6.80. The third kappa shape index (κ3) is 2.99. The van der Waals surface area contributed by atoms with Gasteiger partial charge in [-0.25, -0.2) is 0 Å². The van der Waals surface area contributed by atoms with Crippen molar-refractivity contribution in [3.63, 3.8) is 0 Å². The molecule has 1 aromatic rings. The number of hydrogen-bond acceptors (Lipinski definition) is 2. The van der Waals surface area contributed by atoms with Gasteiger partial charge in [-0.1, -0.05) is 58.1 Å². The zero-order valence-corrected chi connectivity index (χ0v) is 14.5. The molecule has 1 aliphatic heterocycles. The Balaban J connectivity index is 2.30. The van der Waals surface area contributed by atoms with Crippen LogP contribution < -0.4 is 0 Å². The molecule has 0 aliphatic carbocycles. The maximum atomic E-state index is 6.07. The van der Waals surface area contributed by atoms with Crippen molar-refractivity contribution >= 4 is 14.1 Å². The van der Waals surface area contributed by atoms with Gasteiger partial charge in [0.1, 0.15) is 0 Å². The first-order valence-corrected chi connectivity index (χ1v) is 10.4. The first kappa shape index (κ1) is 15.3. The van der Waals surface area contributed by atoms with Crippen LogP contribution in [0.25, 0.3) is 6.08 Å². The summed E-state index contributed by atoms with van der Waals surface area (Å²) in [4.78, 5) is 0. The number of hydrogen-bond donors (Lipinski definition) is 0. The smallest absolute Gasteiger partial charge is 0.226 e. The Morgan fingerprint density at radius 2 is 1.85 bits per heavy atom. The Labute approximate surface area is 123 Å². The summed E-state index contributed by atoms with van der Waals surface area (Å²) in [6.07, 6.45) is 1.92. The van der Waals surface area contributed by atoms with Gasteiger partial charge in [0.15, 0.2) is 0 Å². The second kappa shape index (κ2) is 5.38. The molecule has 0 fully saturated rings. The number of ether oxygens (including phenoxy) is 2. The van der Waals surface area contributed by atoms with Crippen LogP contribution in [0.3, 0.4) is 0 Å². The molecule has 1 heterocycles. The lowest BCUT2D eigenvalue weighted by Gasteiger charge is -2.38. The Morgan fingerprint density at radius 3 is 2.45 bits per heavy atom. The van der Waals surface area contributed by atoms with E-state index < -0.39 is 8.07 Å². The van der Waals surface area contributed by atoms with Crippen LogP contribution in [0.1, 0.15) is 38.2 Å². The van der Waals surface area contributed by atoms with Gasteiger partial charge in [-0.3, -0.25) is 0 Å². The molecule has 110 valence electrons. The molecule has 0 bridgehead atoms. The van der Waals surface area contributed by atoms with Gasteiger partial charge in [-0.05, 0) is 16.7 Å². The molecule has 20 heavy (non-hydrogen) atoms. The molecule has 0 N–H and O–H groups in total. The SMILES string of the molecule is COC1OC(C[Si](C)(C)C(C)(C)C)=Cc2ccccc21. The van der Waals surface area contributed by atoms with E-state index in [1.807, 2.05) is 6.07 Å². The van der Waals surface area contributed by atoms with Crippen molar-refractivity contribution in [3.8, 4) is 0 Å². The van der Waals surface area contributed by atoms with E-state index in [4.69, 9.17) is 9.47 Å². The van der Waals surface area contributed by atoms with Crippen LogP contribution in [-0.4, -0.2) is 15.2 Å². The van der Waals surface area contributed by atoms with E-state index in [1.54, 1.807) is 7.11 Å². The summed E-state index contributed by atoms with van der Waals surface area (Å²) in [5.41, 5.74) is 2.34. The van der Waals surface area contributed by atoms with E-state index in [2.05, 4.69) is 58.1 Å². The molecule has 2 nitrogen and oxygen atoms in total. The Kier molecular flexibility index (Phi) is 4.12. The fraction of sp³-hybridized carbons (Fsp3) is 0.529. The molecular weight excluding hydrogens is 264 g/mol. The molecule has 2 rings (SSSR count). The highest BCUT2D eigenvalue weighted by Crippen LogP contribution is 2.43. The number of benzene rings is 1. The summed E-state index contributed by atoms with van der Waals surface area (Å²) in [5, 5.41) is 0.358. The first-order valence-electron chi connectivity index (χ1n) is 7.23. The van der Waals surface area contributed by atoms with Gasteiger partial charge < -0.3 is 9.47 Å². The van der Waals surface area contributed by atoms with Crippen molar-refractivity contribution in [1.29, 1.82) is 0 Å². The van der Waals surface area contributed by atoms with E-state index in [0.29, 0.717) is 5.04 Å². The van der Waals surface area contributed by atoms with Gasteiger partial charge in [-0.2, -0.15) is 0 Å². The van der Waals surface area contributed by atoms with Crippen molar-refractivity contribution in [1.82, 2.24) is 0 Å². The van der Waals surface area contributed by atoms with Crippen molar-refractivity contribution in [3.05, 3.63) is 41.2 Å². The predicted molar refractivity (Wildman–Crippen MR) is 87.3 cm³/mol. The summed E-state index contributed by atoms with van der Waals surface area (Å²) in [6, 6.07) is 9.35. The molecule has 0 spiro atoms. The monoisotopic (exact) mass is 290 g/mol. The first-order chi connectivity index (χ1) is 9.24. The molecule has 1 aliphatic rings. The number of methoxy groups -OCH3 is 1. The third-order valence-corrected chi connectivity index (χ3v) is 9.98. The fourth-order valence-corrected chi connectivity index (χ4v) is 3.82. The molecule has 0 amide bonds. The summed E-state index contributed by atoms with van der Waals surface area (Å²) in [5.74, 6) is 1.07. The minimum atomic E-state index is -1.40. The maximum absolute atomic E-state index is 6.07. The van der Waals surface area contributed by atoms with Crippen LogP contribution in [0.4, 0.5) is 0 Å². The highest BCUT2D eigenvalue weighted by atomic mass is 28.3. The van der Waals surface area contributed by atoms with Crippen molar-refractivity contribution in [2.24, 2.45) is 0 Å². The Morgan fingerprint density at radius 1 is 1.20 bits per heavy atom. The molecule has 1 atom stereocenters. The van der Waals surface area contributed by atoms with Gasteiger partial charge >= 0.3 is 0 Å². The van der Waals surface area contributed by atoms with Gasteiger partial charge in [0.25, 0.3) is 0 Å². The highest BCUT2D eigenvalue weighted by Gasteiger charge is 2.37. The molecule has 0 saturated carbocycles. The van der Waals surface area contributed by atoms with Crippen LogP contribution in [0.15, 0.2) is 30.0 Å². The lowest BCUT2D eigenvalue weighted by Crippen LogP contribution is -2.37. The van der Waals surface area contributed by atoms with Crippen LogP contribution in [0.2, 0.25) is 24.2 Å². The van der Waals surface area contributed by atoms with Gasteiger partial charge in [0.2, 0.25) is 6.29 Å². The molecule has 0 radical (unpaired) electrons. The predicted octanol–water partition coefficient (Wildman–Crippen LogP) is 5.21. The molecule has 1 aromatic carbocycles. The van der Waals surface area contributed by atoms with Crippen LogP contribution in [0.5, 0.6) is 0 Å². The van der Waals surface area contributed by atoms with E-state index >= 15 is 0 Å². The lowest BCUT2D eigenvalue weighted by molar-refractivity contribution is -0.0987. The largest absolute Gasteiger partial charge is 0.465 e. The zero-order chi connectivity index (χ0) is 15.0. The summed E-state index contributed by atoms with van der Waals surface area (Å²) in [6.45, 7) is 11.9. The van der Waals surface area contributed by atoms with Crippen LogP contribution >= 0.6 is 0 Å². The topological polar surface area (TPSA) is 18.5 Å². The van der Waals surface area contributed by atoms with Gasteiger partial charge in [0.05, 0.1) is 13.8 Å². The van der Waals surface area contributed by atoms with Gasteiger partial charge in [-0.15, -0.1) is 0 Å². The second-order valence-electron chi connectivity index (χ2n) is 7.24. The Bertz CT molecular complexity index is 512. The maximum Gasteiger partial charge on any atom is 0.226 e. The minimum Gasteiger partial charge on any atom is -0.465 e. The third-order valence-electron chi connectivity index (χ3n) is 4.69. The quantitative estimate of drug-likeness (QED) is 0.711. The zero-order valence-electron chi connectivity index (χ0n) is 13.5. The summed E-state index contributed by atoms with van der Waals surface area (Å²) < 4.78 is 11.6. The molecule has 0 aromatic heterocycles. The normalized spacial score (nSPS) is 19.1. The molecule has 3 heteroatoms. The van der Waals surface area contributed by atoms with E-state index in [1.165, 1.54) is 5.56 Å². The Hall–Kier alpha value is -1.06.